The van der Waals surface area contributed by atoms with Crippen molar-refractivity contribution in [2.75, 3.05) is 6.54 Å². The molecule has 2 atom stereocenters. The minimum absolute atomic E-state index is 0.559. The summed E-state index contributed by atoms with van der Waals surface area (Å²) in [7, 11) is 0. The second-order valence-corrected chi connectivity index (χ2v) is 4.39. The van der Waals surface area contributed by atoms with Gasteiger partial charge in [0.2, 0.25) is 0 Å². The largest absolute Gasteiger partial charge is 0.347 e. The molecule has 2 heterocycles. The quantitative estimate of drug-likeness (QED) is 0.677. The first kappa shape index (κ1) is 10.6. The summed E-state index contributed by atoms with van der Waals surface area (Å²) in [6.45, 7) is 4.32. The normalized spacial score (nSPS) is 23.1. The minimum atomic E-state index is 0.559. The molecule has 2 rings (SSSR count). The highest BCUT2D eigenvalue weighted by Crippen LogP contribution is 2.10. The number of nitrogens with zero attached hydrogens (tertiary/aromatic N) is 1. The van der Waals surface area contributed by atoms with Crippen LogP contribution in [-0.4, -0.2) is 28.6 Å². The van der Waals surface area contributed by atoms with Crippen molar-refractivity contribution >= 4 is 0 Å². The van der Waals surface area contributed by atoms with Gasteiger partial charge in [0.15, 0.2) is 0 Å². The highest BCUT2D eigenvalue weighted by molar-refractivity contribution is 4.93. The third kappa shape index (κ3) is 3.32. The fourth-order valence-electron chi connectivity index (χ4n) is 2.13. The first-order valence-corrected chi connectivity index (χ1v) is 5.78. The van der Waals surface area contributed by atoms with Crippen LogP contribution in [0.3, 0.4) is 0 Å². The van der Waals surface area contributed by atoms with Crippen molar-refractivity contribution in [3.63, 3.8) is 0 Å². The van der Waals surface area contributed by atoms with Crippen LogP contribution in [0.5, 0.6) is 0 Å². The molecule has 0 aromatic carbocycles. The monoisotopic (exact) mass is 208 g/mol. The minimum Gasteiger partial charge on any atom is -0.347 e. The van der Waals surface area contributed by atoms with Gasteiger partial charge in [-0.05, 0) is 32.7 Å². The van der Waals surface area contributed by atoms with E-state index in [1.807, 2.05) is 6.20 Å². The molecule has 1 aromatic heterocycles. The lowest BCUT2D eigenvalue weighted by Gasteiger charge is -2.17. The van der Waals surface area contributed by atoms with E-state index in [1.54, 1.807) is 6.33 Å². The van der Waals surface area contributed by atoms with Gasteiger partial charge in [0.1, 0.15) is 0 Å². The summed E-state index contributed by atoms with van der Waals surface area (Å²) in [5.41, 5.74) is 1.15. The van der Waals surface area contributed by atoms with E-state index in [-0.39, 0.29) is 0 Å². The van der Waals surface area contributed by atoms with Gasteiger partial charge in [0.25, 0.3) is 0 Å². The molecule has 1 aliphatic rings. The molecule has 3 N–H and O–H groups in total. The molecule has 2 unspecified atom stereocenters. The van der Waals surface area contributed by atoms with Gasteiger partial charge in [0, 0.05) is 30.5 Å². The topological polar surface area (TPSA) is 52.7 Å². The van der Waals surface area contributed by atoms with E-state index in [1.165, 1.54) is 25.8 Å². The van der Waals surface area contributed by atoms with E-state index < -0.39 is 0 Å². The molecule has 84 valence electrons. The molecule has 1 saturated heterocycles. The molecule has 1 aliphatic heterocycles. The van der Waals surface area contributed by atoms with Crippen molar-refractivity contribution in [2.45, 2.75) is 44.8 Å². The summed E-state index contributed by atoms with van der Waals surface area (Å²) in [4.78, 5) is 7.09. The Morgan fingerprint density at radius 1 is 1.67 bits per heavy atom. The SMILES string of the molecule is CC(CC1CCCN1)NCc1cnc[nH]1. The van der Waals surface area contributed by atoms with Crippen molar-refractivity contribution in [3.8, 4) is 0 Å². The number of hydrogen-bond donors (Lipinski definition) is 3. The highest BCUT2D eigenvalue weighted by Gasteiger charge is 2.16. The Bertz CT molecular complexity index is 264. The summed E-state index contributed by atoms with van der Waals surface area (Å²) in [5.74, 6) is 0. The third-order valence-electron chi connectivity index (χ3n) is 3.00. The summed E-state index contributed by atoms with van der Waals surface area (Å²) >= 11 is 0. The van der Waals surface area contributed by atoms with Crippen molar-refractivity contribution in [2.24, 2.45) is 0 Å². The van der Waals surface area contributed by atoms with Crippen molar-refractivity contribution in [1.29, 1.82) is 0 Å². The summed E-state index contributed by atoms with van der Waals surface area (Å²) in [5, 5.41) is 7.02. The second kappa shape index (κ2) is 5.28. The van der Waals surface area contributed by atoms with Crippen LogP contribution in [0.15, 0.2) is 12.5 Å². The zero-order valence-electron chi connectivity index (χ0n) is 9.29. The maximum atomic E-state index is 4.00. The molecule has 0 spiro atoms. The summed E-state index contributed by atoms with van der Waals surface area (Å²) in [6.07, 6.45) is 7.47. The van der Waals surface area contributed by atoms with Gasteiger partial charge in [0.05, 0.1) is 6.33 Å². The average molecular weight is 208 g/mol. The van der Waals surface area contributed by atoms with Crippen LogP contribution in [0, 0.1) is 0 Å². The lowest BCUT2D eigenvalue weighted by atomic mass is 10.1. The zero-order valence-corrected chi connectivity index (χ0v) is 9.29. The van der Waals surface area contributed by atoms with Crippen molar-refractivity contribution in [3.05, 3.63) is 18.2 Å². The van der Waals surface area contributed by atoms with Gasteiger partial charge in [-0.25, -0.2) is 4.98 Å². The predicted molar refractivity (Wildman–Crippen MR) is 60.5 cm³/mol. The number of aromatic nitrogens is 2. The predicted octanol–water partition coefficient (Wildman–Crippen LogP) is 1.03. The summed E-state index contributed by atoms with van der Waals surface area (Å²) < 4.78 is 0. The number of hydrogen-bond acceptors (Lipinski definition) is 3. The second-order valence-electron chi connectivity index (χ2n) is 4.39. The Hall–Kier alpha value is -0.870. The first-order chi connectivity index (χ1) is 7.34. The van der Waals surface area contributed by atoms with Crippen LogP contribution < -0.4 is 10.6 Å². The standard InChI is InChI=1S/C11H20N4/c1-9(5-10-3-2-4-13-10)14-7-11-6-12-8-15-11/h6,8-10,13-14H,2-5,7H2,1H3,(H,12,15). The Morgan fingerprint density at radius 2 is 2.60 bits per heavy atom. The fourth-order valence-corrected chi connectivity index (χ4v) is 2.13. The average Bonchev–Trinajstić information content (AvgIpc) is 2.86. The molecule has 1 fully saturated rings. The molecule has 4 heteroatoms. The molecular weight excluding hydrogens is 188 g/mol. The van der Waals surface area contributed by atoms with Gasteiger partial charge in [-0.15, -0.1) is 0 Å². The molecule has 0 radical (unpaired) electrons. The van der Waals surface area contributed by atoms with E-state index in [2.05, 4.69) is 27.5 Å². The van der Waals surface area contributed by atoms with Crippen molar-refractivity contribution < 1.29 is 0 Å². The zero-order chi connectivity index (χ0) is 10.5. The van der Waals surface area contributed by atoms with Crippen LogP contribution in [0.25, 0.3) is 0 Å². The number of aromatic amines is 1. The maximum absolute atomic E-state index is 4.00. The summed E-state index contributed by atoms with van der Waals surface area (Å²) in [6, 6.07) is 1.28. The maximum Gasteiger partial charge on any atom is 0.0922 e. The molecular formula is C11H20N4. The first-order valence-electron chi connectivity index (χ1n) is 5.78. The molecule has 4 nitrogen and oxygen atoms in total. The molecule has 1 aromatic rings. The smallest absolute Gasteiger partial charge is 0.0922 e. The van der Waals surface area contributed by atoms with E-state index in [0.717, 1.165) is 12.2 Å². The molecule has 0 bridgehead atoms. The van der Waals surface area contributed by atoms with E-state index >= 15 is 0 Å². The highest BCUT2D eigenvalue weighted by atomic mass is 15.0. The Kier molecular flexibility index (Phi) is 3.75. The lowest BCUT2D eigenvalue weighted by Crippen LogP contribution is -2.33. The number of H-pyrrole nitrogens is 1. The van der Waals surface area contributed by atoms with Crippen LogP contribution in [0.1, 0.15) is 31.9 Å². The Balaban J connectivity index is 1.66. The molecule has 15 heavy (non-hydrogen) atoms. The van der Waals surface area contributed by atoms with Crippen LogP contribution in [0.2, 0.25) is 0 Å². The third-order valence-corrected chi connectivity index (χ3v) is 3.00. The van der Waals surface area contributed by atoms with E-state index in [4.69, 9.17) is 0 Å². The van der Waals surface area contributed by atoms with E-state index in [0.29, 0.717) is 12.1 Å². The van der Waals surface area contributed by atoms with Gasteiger partial charge < -0.3 is 15.6 Å². The Morgan fingerprint density at radius 3 is 3.27 bits per heavy atom. The molecule has 0 amide bonds. The van der Waals surface area contributed by atoms with Gasteiger partial charge in [-0.1, -0.05) is 0 Å². The molecule has 0 saturated carbocycles. The van der Waals surface area contributed by atoms with Crippen LogP contribution in [0.4, 0.5) is 0 Å². The van der Waals surface area contributed by atoms with Gasteiger partial charge >= 0.3 is 0 Å². The van der Waals surface area contributed by atoms with Gasteiger partial charge in [-0.2, -0.15) is 0 Å². The molecule has 0 aliphatic carbocycles. The number of nitrogens with one attached hydrogen (secondary N) is 3. The fraction of sp³-hybridized carbons (Fsp3) is 0.727. The van der Waals surface area contributed by atoms with Gasteiger partial charge in [-0.3, -0.25) is 0 Å². The Labute approximate surface area is 90.9 Å². The number of rotatable bonds is 5. The number of imidazole rings is 1. The van der Waals surface area contributed by atoms with Crippen LogP contribution >= 0.6 is 0 Å². The lowest BCUT2D eigenvalue weighted by molar-refractivity contribution is 0.438. The van der Waals surface area contributed by atoms with E-state index in [9.17, 15) is 0 Å². The van der Waals surface area contributed by atoms with Crippen LogP contribution in [-0.2, 0) is 6.54 Å². The van der Waals surface area contributed by atoms with Crippen molar-refractivity contribution in [1.82, 2.24) is 20.6 Å².